The van der Waals surface area contributed by atoms with E-state index in [0.29, 0.717) is 56.1 Å². The third kappa shape index (κ3) is 8.02. The summed E-state index contributed by atoms with van der Waals surface area (Å²) >= 11 is 0. The smallest absolute Gasteiger partial charge is 0.403 e. The lowest BCUT2D eigenvalue weighted by Crippen LogP contribution is -2.38. The van der Waals surface area contributed by atoms with Gasteiger partial charge in [0.05, 0.1) is 12.0 Å². The number of alkyl halides is 5. The highest BCUT2D eigenvalue weighted by atomic mass is 19.4. The fourth-order valence-corrected chi connectivity index (χ4v) is 5.97. The average Bonchev–Trinajstić information content (AvgIpc) is 2.90. The summed E-state index contributed by atoms with van der Waals surface area (Å²) in [5.41, 5.74) is 1.97. The van der Waals surface area contributed by atoms with E-state index in [2.05, 4.69) is 4.74 Å². The largest absolute Gasteiger partial charge is 0.573 e. The van der Waals surface area contributed by atoms with Gasteiger partial charge in [0.25, 0.3) is 0 Å². The van der Waals surface area contributed by atoms with Crippen LogP contribution >= 0.6 is 0 Å². The van der Waals surface area contributed by atoms with E-state index in [4.69, 9.17) is 4.74 Å². The van der Waals surface area contributed by atoms with Crippen molar-refractivity contribution in [2.45, 2.75) is 102 Å². The molecule has 2 fully saturated rings. The van der Waals surface area contributed by atoms with Gasteiger partial charge in [-0.15, -0.1) is 13.2 Å². The topological polar surface area (TPSA) is 18.5 Å². The van der Waals surface area contributed by atoms with Crippen molar-refractivity contribution < 1.29 is 40.2 Å². The van der Waals surface area contributed by atoms with Crippen molar-refractivity contribution in [2.24, 2.45) is 5.92 Å². The molecule has 0 atom stereocenters. The summed E-state index contributed by atoms with van der Waals surface area (Å²) in [5.74, 6) is -3.51. The second-order valence-electron chi connectivity index (χ2n) is 10.9. The highest BCUT2D eigenvalue weighted by Crippen LogP contribution is 2.45. The number of allylic oxidation sites excluding steroid dienone is 2. The Balaban J connectivity index is 1.26. The molecule has 0 aliphatic heterocycles. The van der Waals surface area contributed by atoms with Gasteiger partial charge in [-0.2, -0.15) is 8.78 Å². The maximum Gasteiger partial charge on any atom is 0.573 e. The monoisotopic (exact) mass is 572 g/mol. The van der Waals surface area contributed by atoms with Gasteiger partial charge in [0.1, 0.15) is 5.82 Å². The third-order valence-electron chi connectivity index (χ3n) is 8.11. The van der Waals surface area contributed by atoms with Crippen molar-refractivity contribution in [3.63, 3.8) is 0 Å². The van der Waals surface area contributed by atoms with Crippen LogP contribution in [0.5, 0.6) is 5.75 Å². The first kappa shape index (κ1) is 30.4. The molecule has 0 bridgehead atoms. The second kappa shape index (κ2) is 13.0. The summed E-state index contributed by atoms with van der Waals surface area (Å²) in [6.45, 7) is 2.03. The zero-order chi connectivity index (χ0) is 28.9. The standard InChI is InChI=1S/C31H35F7O2/c1-2-3-4-5-20-6-16-26(27(32)18-20)22-7-12-24(13-8-22)30(34,35)39-25-14-9-21(10-15-25)23-11-17-29(28(33)19-23)40-31(36,37)38/h3-4,6,11,16-19,21-22,24-25H,2,5,7-10,12-15H2,1H3/b4-3+. The van der Waals surface area contributed by atoms with Crippen LogP contribution in [0.25, 0.3) is 0 Å². The van der Waals surface area contributed by atoms with Crippen LogP contribution in [-0.4, -0.2) is 18.6 Å². The van der Waals surface area contributed by atoms with Gasteiger partial charge >= 0.3 is 12.5 Å². The van der Waals surface area contributed by atoms with E-state index in [1.165, 1.54) is 12.1 Å². The predicted molar refractivity (Wildman–Crippen MR) is 138 cm³/mol. The van der Waals surface area contributed by atoms with E-state index in [-0.39, 0.29) is 30.5 Å². The van der Waals surface area contributed by atoms with Crippen LogP contribution < -0.4 is 4.74 Å². The van der Waals surface area contributed by atoms with Crippen molar-refractivity contribution >= 4 is 0 Å². The predicted octanol–water partition coefficient (Wildman–Crippen LogP) is 9.98. The quantitative estimate of drug-likeness (QED) is 0.220. The molecular weight excluding hydrogens is 537 g/mol. The molecule has 220 valence electrons. The molecule has 2 nitrogen and oxygen atoms in total. The number of rotatable bonds is 9. The summed E-state index contributed by atoms with van der Waals surface area (Å²) < 4.78 is 105. The Bertz CT molecular complexity index is 1140. The van der Waals surface area contributed by atoms with E-state index in [9.17, 15) is 22.0 Å². The van der Waals surface area contributed by atoms with Crippen molar-refractivity contribution in [1.29, 1.82) is 0 Å². The Morgan fingerprint density at radius 3 is 2.05 bits per heavy atom. The lowest BCUT2D eigenvalue weighted by Gasteiger charge is -2.37. The van der Waals surface area contributed by atoms with Crippen molar-refractivity contribution in [1.82, 2.24) is 0 Å². The molecule has 2 saturated carbocycles. The van der Waals surface area contributed by atoms with Crippen LogP contribution in [0.1, 0.15) is 93.2 Å². The molecule has 40 heavy (non-hydrogen) atoms. The minimum absolute atomic E-state index is 0.101. The Hall–Kier alpha value is -2.55. The van der Waals surface area contributed by atoms with Crippen molar-refractivity contribution in [2.75, 3.05) is 0 Å². The molecule has 0 amide bonds. The summed E-state index contributed by atoms with van der Waals surface area (Å²) in [4.78, 5) is 0. The van der Waals surface area contributed by atoms with Crippen molar-refractivity contribution in [3.05, 3.63) is 76.9 Å². The summed E-state index contributed by atoms with van der Waals surface area (Å²) in [6, 6.07) is 8.55. The number of hydrogen-bond donors (Lipinski definition) is 0. The molecular formula is C31H35F7O2. The zero-order valence-electron chi connectivity index (χ0n) is 22.5. The number of hydrogen-bond acceptors (Lipinski definition) is 2. The minimum Gasteiger partial charge on any atom is -0.403 e. The fourth-order valence-electron chi connectivity index (χ4n) is 5.97. The van der Waals surface area contributed by atoms with Crippen LogP contribution in [0.3, 0.4) is 0 Å². The molecule has 0 radical (unpaired) electrons. The van der Waals surface area contributed by atoms with Crippen LogP contribution in [0.2, 0.25) is 0 Å². The van der Waals surface area contributed by atoms with Gasteiger partial charge in [0.15, 0.2) is 11.6 Å². The van der Waals surface area contributed by atoms with Gasteiger partial charge in [-0.1, -0.05) is 37.3 Å². The normalized spacial score (nSPS) is 24.4. The molecule has 2 aromatic carbocycles. The zero-order valence-corrected chi connectivity index (χ0v) is 22.5. The Morgan fingerprint density at radius 1 is 0.775 bits per heavy atom. The molecule has 2 aliphatic carbocycles. The highest BCUT2D eigenvalue weighted by Gasteiger charge is 2.45. The Labute approximate surface area is 230 Å². The Morgan fingerprint density at radius 2 is 1.45 bits per heavy atom. The molecule has 0 heterocycles. The number of ether oxygens (including phenoxy) is 2. The first-order chi connectivity index (χ1) is 18.9. The molecule has 9 heteroatoms. The number of benzene rings is 2. The van der Waals surface area contributed by atoms with Crippen LogP contribution in [-0.2, 0) is 11.2 Å². The first-order valence-corrected chi connectivity index (χ1v) is 14.0. The van der Waals surface area contributed by atoms with Gasteiger partial charge in [-0.25, -0.2) is 8.78 Å². The van der Waals surface area contributed by atoms with Crippen LogP contribution in [0.15, 0.2) is 48.6 Å². The lowest BCUT2D eigenvalue weighted by atomic mass is 9.77. The molecule has 0 saturated heterocycles. The Kier molecular flexibility index (Phi) is 9.85. The van der Waals surface area contributed by atoms with Crippen LogP contribution in [0, 0.1) is 17.6 Å². The van der Waals surface area contributed by atoms with E-state index in [1.807, 2.05) is 25.1 Å². The van der Waals surface area contributed by atoms with Gasteiger partial charge in [-0.05, 0) is 111 Å². The van der Waals surface area contributed by atoms with Gasteiger partial charge < -0.3 is 9.47 Å². The SMILES string of the molecule is CC/C=C/Cc1ccc(C2CCC(C(F)(F)OC3CCC(c4ccc(OC(F)(F)F)c(F)c4)CC3)CC2)c(F)c1. The highest BCUT2D eigenvalue weighted by molar-refractivity contribution is 5.32. The summed E-state index contributed by atoms with van der Waals surface area (Å²) in [6.07, 6.45) is -0.378. The molecule has 0 aromatic heterocycles. The first-order valence-electron chi connectivity index (χ1n) is 14.0. The summed E-state index contributed by atoms with van der Waals surface area (Å²) in [7, 11) is 0. The number of halogens is 7. The van der Waals surface area contributed by atoms with E-state index >= 15 is 8.78 Å². The van der Waals surface area contributed by atoms with Crippen LogP contribution in [0.4, 0.5) is 30.7 Å². The summed E-state index contributed by atoms with van der Waals surface area (Å²) in [5, 5.41) is 0. The maximum absolute atomic E-state index is 15.1. The van der Waals surface area contributed by atoms with Gasteiger partial charge in [0, 0.05) is 0 Å². The molecule has 0 N–H and O–H groups in total. The second-order valence-corrected chi connectivity index (χ2v) is 10.9. The molecule has 0 unspecified atom stereocenters. The fraction of sp³-hybridized carbons (Fsp3) is 0.548. The molecule has 0 spiro atoms. The molecule has 2 aromatic rings. The van der Waals surface area contributed by atoms with E-state index in [1.54, 1.807) is 6.07 Å². The lowest BCUT2D eigenvalue weighted by molar-refractivity contribution is -0.300. The maximum atomic E-state index is 15.1. The third-order valence-corrected chi connectivity index (χ3v) is 8.11. The van der Waals surface area contributed by atoms with Gasteiger partial charge in [0.2, 0.25) is 0 Å². The molecule has 4 rings (SSSR count). The van der Waals surface area contributed by atoms with Gasteiger partial charge in [-0.3, -0.25) is 0 Å². The van der Waals surface area contributed by atoms with E-state index in [0.717, 1.165) is 24.1 Å². The minimum atomic E-state index is -4.99. The average molecular weight is 573 g/mol. The van der Waals surface area contributed by atoms with Crippen molar-refractivity contribution in [3.8, 4) is 5.75 Å². The molecule has 2 aliphatic rings. The van der Waals surface area contributed by atoms with E-state index < -0.39 is 36.1 Å².